The molecule has 2 nitrogen and oxygen atoms in total. The molecule has 0 aliphatic heterocycles. The van der Waals surface area contributed by atoms with E-state index in [0.717, 1.165) is 31.4 Å². The first-order chi connectivity index (χ1) is 9.25. The van der Waals surface area contributed by atoms with Gasteiger partial charge in [-0.1, -0.05) is 31.4 Å². The first kappa shape index (κ1) is 14.4. The number of rotatable bonds is 6. The van der Waals surface area contributed by atoms with Gasteiger partial charge in [0.2, 0.25) is 0 Å². The molecule has 0 unspecified atom stereocenters. The molecule has 0 radical (unpaired) electrons. The van der Waals surface area contributed by atoms with Crippen LogP contribution in [0.1, 0.15) is 43.2 Å². The Balaban J connectivity index is 1.62. The maximum absolute atomic E-state index is 5.84. The predicted octanol–water partition coefficient (Wildman–Crippen LogP) is 3.85. The van der Waals surface area contributed by atoms with Crippen molar-refractivity contribution in [3.63, 3.8) is 0 Å². The van der Waals surface area contributed by atoms with Gasteiger partial charge in [-0.3, -0.25) is 0 Å². The summed E-state index contributed by atoms with van der Waals surface area (Å²) in [6.45, 7) is 7.08. The highest BCUT2D eigenvalue weighted by atomic mass is 16.5. The van der Waals surface area contributed by atoms with Crippen LogP contribution >= 0.6 is 0 Å². The average molecular weight is 261 g/mol. The van der Waals surface area contributed by atoms with Crippen LogP contribution in [0.4, 0.5) is 0 Å². The SMILES string of the molecule is Cc1ccc(C)c(OCCNCC2CCCCC2)c1. The number of hydrogen-bond acceptors (Lipinski definition) is 2. The maximum atomic E-state index is 5.84. The fourth-order valence-electron chi connectivity index (χ4n) is 2.79. The van der Waals surface area contributed by atoms with Crippen LogP contribution in [-0.4, -0.2) is 19.7 Å². The second-order valence-electron chi connectivity index (χ2n) is 5.83. The smallest absolute Gasteiger partial charge is 0.122 e. The van der Waals surface area contributed by atoms with E-state index in [4.69, 9.17) is 4.74 Å². The van der Waals surface area contributed by atoms with Crippen molar-refractivity contribution in [2.45, 2.75) is 46.0 Å². The fraction of sp³-hybridized carbons (Fsp3) is 0.647. The lowest BCUT2D eigenvalue weighted by atomic mass is 9.89. The van der Waals surface area contributed by atoms with Crippen molar-refractivity contribution in [3.05, 3.63) is 29.3 Å². The van der Waals surface area contributed by atoms with Crippen LogP contribution in [0.25, 0.3) is 0 Å². The van der Waals surface area contributed by atoms with Gasteiger partial charge in [0.25, 0.3) is 0 Å². The Morgan fingerprint density at radius 3 is 2.74 bits per heavy atom. The second-order valence-corrected chi connectivity index (χ2v) is 5.83. The molecule has 0 heterocycles. The summed E-state index contributed by atoms with van der Waals surface area (Å²) in [5, 5.41) is 3.53. The number of hydrogen-bond donors (Lipinski definition) is 1. The third-order valence-electron chi connectivity index (χ3n) is 4.04. The van der Waals surface area contributed by atoms with Crippen molar-refractivity contribution in [2.24, 2.45) is 5.92 Å². The molecule has 0 atom stereocenters. The van der Waals surface area contributed by atoms with Gasteiger partial charge in [0.05, 0.1) is 0 Å². The number of nitrogens with one attached hydrogen (secondary N) is 1. The third-order valence-corrected chi connectivity index (χ3v) is 4.04. The Bertz CT molecular complexity index is 383. The molecular weight excluding hydrogens is 234 g/mol. The molecular formula is C17H27NO. The minimum Gasteiger partial charge on any atom is -0.492 e. The monoisotopic (exact) mass is 261 g/mol. The van der Waals surface area contributed by atoms with Crippen molar-refractivity contribution in [1.82, 2.24) is 5.32 Å². The van der Waals surface area contributed by atoms with Crippen LogP contribution in [0, 0.1) is 19.8 Å². The highest BCUT2D eigenvalue weighted by Gasteiger charge is 2.12. The molecule has 1 aliphatic carbocycles. The first-order valence-corrected chi connectivity index (χ1v) is 7.66. The summed E-state index contributed by atoms with van der Waals surface area (Å²) in [6, 6.07) is 6.38. The van der Waals surface area contributed by atoms with Crippen molar-refractivity contribution in [3.8, 4) is 5.75 Å². The molecule has 0 amide bonds. The summed E-state index contributed by atoms with van der Waals surface area (Å²) in [7, 11) is 0. The Morgan fingerprint density at radius 2 is 1.95 bits per heavy atom. The van der Waals surface area contributed by atoms with E-state index in [1.165, 1.54) is 43.2 Å². The second kappa shape index (κ2) is 7.54. The summed E-state index contributed by atoms with van der Waals surface area (Å²) < 4.78 is 5.84. The van der Waals surface area contributed by atoms with Gasteiger partial charge < -0.3 is 10.1 Å². The molecule has 1 aromatic rings. The Morgan fingerprint density at radius 1 is 1.16 bits per heavy atom. The molecule has 0 spiro atoms. The number of ether oxygens (including phenoxy) is 1. The summed E-state index contributed by atoms with van der Waals surface area (Å²) in [5.41, 5.74) is 2.48. The van der Waals surface area contributed by atoms with Crippen molar-refractivity contribution in [1.29, 1.82) is 0 Å². The molecule has 19 heavy (non-hydrogen) atoms. The van der Waals surface area contributed by atoms with E-state index >= 15 is 0 Å². The highest BCUT2D eigenvalue weighted by molar-refractivity contribution is 5.35. The third kappa shape index (κ3) is 4.87. The summed E-state index contributed by atoms with van der Waals surface area (Å²) in [4.78, 5) is 0. The zero-order valence-electron chi connectivity index (χ0n) is 12.4. The molecule has 0 bridgehead atoms. The van der Waals surface area contributed by atoms with E-state index in [2.05, 4.69) is 37.4 Å². The zero-order chi connectivity index (χ0) is 13.5. The molecule has 106 valence electrons. The molecule has 2 rings (SSSR count). The molecule has 1 aromatic carbocycles. The minimum absolute atomic E-state index is 0.761. The Hall–Kier alpha value is -1.02. The van der Waals surface area contributed by atoms with E-state index in [9.17, 15) is 0 Å². The lowest BCUT2D eigenvalue weighted by Gasteiger charge is -2.21. The Kier molecular flexibility index (Phi) is 5.71. The van der Waals surface area contributed by atoms with Gasteiger partial charge >= 0.3 is 0 Å². The summed E-state index contributed by atoms with van der Waals surface area (Å²) >= 11 is 0. The van der Waals surface area contributed by atoms with Crippen LogP contribution in [0.2, 0.25) is 0 Å². The van der Waals surface area contributed by atoms with E-state index in [1.807, 2.05) is 0 Å². The fourth-order valence-corrected chi connectivity index (χ4v) is 2.79. The summed E-state index contributed by atoms with van der Waals surface area (Å²) in [5.74, 6) is 1.92. The molecule has 0 aromatic heterocycles. The van der Waals surface area contributed by atoms with Gasteiger partial charge in [-0.15, -0.1) is 0 Å². The van der Waals surface area contributed by atoms with Crippen molar-refractivity contribution in [2.75, 3.05) is 19.7 Å². The molecule has 1 fully saturated rings. The van der Waals surface area contributed by atoms with Gasteiger partial charge in [0.15, 0.2) is 0 Å². The molecule has 2 heteroatoms. The van der Waals surface area contributed by atoms with Gasteiger partial charge in [-0.25, -0.2) is 0 Å². The Labute approximate surface area is 117 Å². The van der Waals surface area contributed by atoms with Gasteiger partial charge in [-0.2, -0.15) is 0 Å². The van der Waals surface area contributed by atoms with Crippen LogP contribution < -0.4 is 10.1 Å². The molecule has 1 aliphatic rings. The topological polar surface area (TPSA) is 21.3 Å². The molecule has 1 saturated carbocycles. The largest absolute Gasteiger partial charge is 0.492 e. The lowest BCUT2D eigenvalue weighted by Crippen LogP contribution is -2.28. The predicted molar refractivity (Wildman–Crippen MR) is 80.9 cm³/mol. The maximum Gasteiger partial charge on any atom is 0.122 e. The standard InChI is InChI=1S/C17H27NO/c1-14-8-9-15(2)17(12-14)19-11-10-18-13-16-6-4-3-5-7-16/h8-9,12,16,18H,3-7,10-11,13H2,1-2H3. The first-order valence-electron chi connectivity index (χ1n) is 7.66. The van der Waals surface area contributed by atoms with Crippen molar-refractivity contribution >= 4 is 0 Å². The number of benzene rings is 1. The van der Waals surface area contributed by atoms with E-state index in [0.29, 0.717) is 0 Å². The van der Waals surface area contributed by atoms with Crippen LogP contribution in [0.3, 0.4) is 0 Å². The van der Waals surface area contributed by atoms with Crippen LogP contribution in [0.5, 0.6) is 5.75 Å². The van der Waals surface area contributed by atoms with Crippen molar-refractivity contribution < 1.29 is 4.74 Å². The van der Waals surface area contributed by atoms with E-state index in [-0.39, 0.29) is 0 Å². The lowest BCUT2D eigenvalue weighted by molar-refractivity contribution is 0.293. The average Bonchev–Trinajstić information content (AvgIpc) is 2.43. The van der Waals surface area contributed by atoms with Gasteiger partial charge in [0, 0.05) is 6.54 Å². The van der Waals surface area contributed by atoms with Gasteiger partial charge in [-0.05, 0) is 56.3 Å². The quantitative estimate of drug-likeness (QED) is 0.785. The van der Waals surface area contributed by atoms with Crippen LogP contribution in [-0.2, 0) is 0 Å². The van der Waals surface area contributed by atoms with Crippen LogP contribution in [0.15, 0.2) is 18.2 Å². The highest BCUT2D eigenvalue weighted by Crippen LogP contribution is 2.22. The molecule has 0 saturated heterocycles. The van der Waals surface area contributed by atoms with E-state index in [1.54, 1.807) is 0 Å². The van der Waals surface area contributed by atoms with Gasteiger partial charge in [0.1, 0.15) is 12.4 Å². The molecule has 1 N–H and O–H groups in total. The zero-order valence-corrected chi connectivity index (χ0v) is 12.4. The normalized spacial score (nSPS) is 16.5. The minimum atomic E-state index is 0.761. The number of aryl methyl sites for hydroxylation is 2. The van der Waals surface area contributed by atoms with E-state index < -0.39 is 0 Å². The summed E-state index contributed by atoms with van der Waals surface area (Å²) in [6.07, 6.45) is 7.10.